The summed E-state index contributed by atoms with van der Waals surface area (Å²) in [4.78, 5) is 24.4. The molecule has 0 fully saturated rings. The number of amides is 1. The van der Waals surface area contributed by atoms with Gasteiger partial charge in [0.15, 0.2) is 0 Å². The molecule has 32 heavy (non-hydrogen) atoms. The lowest BCUT2D eigenvalue weighted by Crippen LogP contribution is -2.13. The predicted octanol–water partition coefficient (Wildman–Crippen LogP) is 5.73. The predicted molar refractivity (Wildman–Crippen MR) is 125 cm³/mol. The standard InChI is InChI=1S/C24H19Cl2N3O3/c1-14-10-16(11-17(13-27)23(30)28-19-6-4-18(25)5-7-19)15(2)29(14)20-8-9-21(22(26)12-20)24(31)32-3/h4-12H,1-3H3,(H,28,30)/b17-11-. The molecule has 1 aromatic heterocycles. The number of methoxy groups -OCH3 is 1. The van der Waals surface area contributed by atoms with Crippen LogP contribution in [0.15, 0.2) is 54.1 Å². The molecule has 0 aliphatic carbocycles. The second-order valence-corrected chi connectivity index (χ2v) is 7.79. The van der Waals surface area contributed by atoms with Gasteiger partial charge in [-0.1, -0.05) is 23.2 Å². The minimum absolute atomic E-state index is 0.0423. The highest BCUT2D eigenvalue weighted by molar-refractivity contribution is 6.33. The first-order chi connectivity index (χ1) is 15.2. The van der Waals surface area contributed by atoms with Gasteiger partial charge in [0, 0.05) is 27.8 Å². The summed E-state index contributed by atoms with van der Waals surface area (Å²) >= 11 is 12.1. The zero-order valence-corrected chi connectivity index (χ0v) is 19.1. The summed E-state index contributed by atoms with van der Waals surface area (Å²) in [6.07, 6.45) is 1.54. The zero-order chi connectivity index (χ0) is 23.4. The van der Waals surface area contributed by atoms with Crippen molar-refractivity contribution in [3.8, 4) is 11.8 Å². The number of anilines is 1. The van der Waals surface area contributed by atoms with Crippen molar-refractivity contribution in [2.45, 2.75) is 13.8 Å². The summed E-state index contributed by atoms with van der Waals surface area (Å²) < 4.78 is 6.65. The number of benzene rings is 2. The van der Waals surface area contributed by atoms with Gasteiger partial charge in [0.25, 0.3) is 5.91 Å². The minimum Gasteiger partial charge on any atom is -0.465 e. The van der Waals surface area contributed by atoms with Crippen molar-refractivity contribution in [3.05, 3.63) is 86.7 Å². The van der Waals surface area contributed by atoms with Gasteiger partial charge >= 0.3 is 5.97 Å². The van der Waals surface area contributed by atoms with E-state index in [0.717, 1.165) is 17.1 Å². The van der Waals surface area contributed by atoms with E-state index >= 15 is 0 Å². The van der Waals surface area contributed by atoms with Crippen LogP contribution in [0, 0.1) is 25.2 Å². The van der Waals surface area contributed by atoms with Crippen molar-refractivity contribution in [2.75, 3.05) is 12.4 Å². The number of rotatable bonds is 5. The molecular weight excluding hydrogens is 449 g/mol. The lowest BCUT2D eigenvalue weighted by Gasteiger charge is -2.12. The Hall–Kier alpha value is -3.53. The highest BCUT2D eigenvalue weighted by atomic mass is 35.5. The smallest absolute Gasteiger partial charge is 0.339 e. The van der Waals surface area contributed by atoms with Crippen LogP contribution < -0.4 is 5.32 Å². The van der Waals surface area contributed by atoms with E-state index in [0.29, 0.717) is 16.3 Å². The summed E-state index contributed by atoms with van der Waals surface area (Å²) in [5.41, 5.74) is 3.87. The summed E-state index contributed by atoms with van der Waals surface area (Å²) in [7, 11) is 1.29. The van der Waals surface area contributed by atoms with Crippen LogP contribution in [0.1, 0.15) is 27.3 Å². The van der Waals surface area contributed by atoms with Gasteiger partial charge in [0.1, 0.15) is 11.6 Å². The van der Waals surface area contributed by atoms with E-state index in [-0.39, 0.29) is 16.2 Å². The summed E-state index contributed by atoms with van der Waals surface area (Å²) in [5, 5.41) is 13.0. The van der Waals surface area contributed by atoms with E-state index < -0.39 is 11.9 Å². The number of hydrogen-bond acceptors (Lipinski definition) is 4. The molecule has 1 heterocycles. The Kier molecular flexibility index (Phi) is 7.04. The van der Waals surface area contributed by atoms with Crippen LogP contribution >= 0.6 is 23.2 Å². The molecule has 0 radical (unpaired) electrons. The zero-order valence-electron chi connectivity index (χ0n) is 17.6. The Morgan fingerprint density at radius 3 is 2.38 bits per heavy atom. The molecule has 1 N–H and O–H groups in total. The molecular formula is C24H19Cl2N3O3. The van der Waals surface area contributed by atoms with E-state index in [9.17, 15) is 14.9 Å². The fourth-order valence-electron chi connectivity index (χ4n) is 3.29. The van der Waals surface area contributed by atoms with E-state index in [4.69, 9.17) is 27.9 Å². The number of carbonyl (C=O) groups excluding carboxylic acids is 2. The Balaban J connectivity index is 1.94. The molecule has 3 rings (SSSR count). The third-order valence-electron chi connectivity index (χ3n) is 4.85. The number of carbonyl (C=O) groups is 2. The number of nitrogens with zero attached hydrogens (tertiary/aromatic N) is 2. The molecule has 0 atom stereocenters. The quantitative estimate of drug-likeness (QED) is 0.294. The highest BCUT2D eigenvalue weighted by Gasteiger charge is 2.16. The molecule has 162 valence electrons. The Morgan fingerprint density at radius 1 is 1.09 bits per heavy atom. The van der Waals surface area contributed by atoms with Crippen LogP contribution in [0.4, 0.5) is 5.69 Å². The maximum Gasteiger partial charge on any atom is 0.339 e. The monoisotopic (exact) mass is 467 g/mol. The molecule has 0 spiro atoms. The molecule has 0 bridgehead atoms. The van der Waals surface area contributed by atoms with Crippen LogP contribution in [0.3, 0.4) is 0 Å². The minimum atomic E-state index is -0.523. The molecule has 0 saturated carbocycles. The molecule has 0 unspecified atom stereocenters. The largest absolute Gasteiger partial charge is 0.465 e. The second kappa shape index (κ2) is 9.73. The van der Waals surface area contributed by atoms with Gasteiger partial charge in [0.05, 0.1) is 17.7 Å². The van der Waals surface area contributed by atoms with Crippen LogP contribution in [-0.2, 0) is 9.53 Å². The van der Waals surface area contributed by atoms with Gasteiger partial charge in [0.2, 0.25) is 0 Å². The maximum absolute atomic E-state index is 12.6. The molecule has 0 aliphatic heterocycles. The average Bonchev–Trinajstić information content (AvgIpc) is 3.05. The first-order valence-electron chi connectivity index (χ1n) is 9.51. The van der Waals surface area contributed by atoms with Gasteiger partial charge in [-0.3, -0.25) is 4.79 Å². The number of aromatic nitrogens is 1. The van der Waals surface area contributed by atoms with Crippen molar-refractivity contribution < 1.29 is 14.3 Å². The summed E-state index contributed by atoms with van der Waals surface area (Å²) in [6.45, 7) is 3.76. The van der Waals surface area contributed by atoms with E-state index in [1.54, 1.807) is 42.5 Å². The molecule has 0 aliphatic rings. The molecule has 1 amide bonds. The van der Waals surface area contributed by atoms with Gasteiger partial charge < -0.3 is 14.6 Å². The average molecular weight is 468 g/mol. The van der Waals surface area contributed by atoms with Crippen molar-refractivity contribution in [2.24, 2.45) is 0 Å². The number of ether oxygens (including phenoxy) is 1. The van der Waals surface area contributed by atoms with Crippen LogP contribution in [0.2, 0.25) is 10.0 Å². The van der Waals surface area contributed by atoms with Gasteiger partial charge in [-0.25, -0.2) is 4.79 Å². The van der Waals surface area contributed by atoms with E-state index in [2.05, 4.69) is 5.32 Å². The van der Waals surface area contributed by atoms with Crippen LogP contribution in [-0.4, -0.2) is 23.6 Å². The Morgan fingerprint density at radius 2 is 1.78 bits per heavy atom. The number of esters is 1. The van der Waals surface area contributed by atoms with Crippen molar-refractivity contribution >= 4 is 46.8 Å². The number of halogens is 2. The number of nitriles is 1. The normalized spacial score (nSPS) is 11.1. The van der Waals surface area contributed by atoms with Crippen LogP contribution in [0.5, 0.6) is 0 Å². The molecule has 6 nitrogen and oxygen atoms in total. The first kappa shape index (κ1) is 23.1. The van der Waals surface area contributed by atoms with Gasteiger partial charge in [-0.2, -0.15) is 5.26 Å². The number of aryl methyl sites for hydroxylation is 1. The third-order valence-corrected chi connectivity index (χ3v) is 5.42. The fraction of sp³-hybridized carbons (Fsp3) is 0.125. The first-order valence-corrected chi connectivity index (χ1v) is 10.3. The van der Waals surface area contributed by atoms with E-state index in [1.165, 1.54) is 13.2 Å². The maximum atomic E-state index is 12.6. The van der Waals surface area contributed by atoms with Gasteiger partial charge in [-0.05, 0) is 74.0 Å². The van der Waals surface area contributed by atoms with Crippen LogP contribution in [0.25, 0.3) is 11.8 Å². The Bertz CT molecular complexity index is 1270. The highest BCUT2D eigenvalue weighted by Crippen LogP contribution is 2.27. The molecule has 3 aromatic rings. The van der Waals surface area contributed by atoms with Crippen molar-refractivity contribution in [3.63, 3.8) is 0 Å². The topological polar surface area (TPSA) is 84.1 Å². The van der Waals surface area contributed by atoms with E-state index in [1.807, 2.05) is 30.6 Å². The SMILES string of the molecule is COC(=O)c1ccc(-n2c(C)cc(/C=C(/C#N)C(=O)Nc3ccc(Cl)cc3)c2C)cc1Cl. The Labute approximate surface area is 195 Å². The molecule has 0 saturated heterocycles. The number of hydrogen-bond donors (Lipinski definition) is 1. The lowest BCUT2D eigenvalue weighted by atomic mass is 10.1. The summed E-state index contributed by atoms with van der Waals surface area (Å²) in [6, 6.07) is 15.4. The third kappa shape index (κ3) is 4.86. The molecule has 8 heteroatoms. The number of nitrogens with one attached hydrogen (secondary N) is 1. The second-order valence-electron chi connectivity index (χ2n) is 6.95. The summed E-state index contributed by atoms with van der Waals surface area (Å²) in [5.74, 6) is -1.04. The lowest BCUT2D eigenvalue weighted by molar-refractivity contribution is -0.112. The fourth-order valence-corrected chi connectivity index (χ4v) is 3.66. The molecule has 2 aromatic carbocycles. The van der Waals surface area contributed by atoms with Gasteiger partial charge in [-0.15, -0.1) is 0 Å². The van der Waals surface area contributed by atoms with Crippen molar-refractivity contribution in [1.29, 1.82) is 5.26 Å². The van der Waals surface area contributed by atoms with Crippen molar-refractivity contribution in [1.82, 2.24) is 4.57 Å².